The minimum atomic E-state index is -1.42. The van der Waals surface area contributed by atoms with Crippen LogP contribution in [0.3, 0.4) is 0 Å². The summed E-state index contributed by atoms with van der Waals surface area (Å²) < 4.78 is 10.7. The highest BCUT2D eigenvalue weighted by atomic mass is 16.6. The second-order valence-corrected chi connectivity index (χ2v) is 10.3. The molecule has 228 valence electrons. The van der Waals surface area contributed by atoms with Crippen molar-refractivity contribution in [3.8, 4) is 0 Å². The van der Waals surface area contributed by atoms with Gasteiger partial charge in [-0.15, -0.1) is 0 Å². The number of carbonyl (C=O) groups excluding carboxylic acids is 1. The first-order valence-electron chi connectivity index (χ1n) is 14.5. The number of carbonyl (C=O) groups is 1. The molecule has 1 saturated heterocycles. The Kier molecular flexibility index (Phi) is 12.2. The molecular weight excluding hydrogens is 548 g/mol. The van der Waals surface area contributed by atoms with Crippen LogP contribution in [0.1, 0.15) is 22.8 Å². The fourth-order valence-corrected chi connectivity index (χ4v) is 4.85. The number of nitrogens with zero attached hydrogens (tertiary/aromatic N) is 2. The van der Waals surface area contributed by atoms with Gasteiger partial charge in [-0.25, -0.2) is 4.79 Å². The summed E-state index contributed by atoms with van der Waals surface area (Å²) in [4.78, 5) is 15.5. The molecule has 2 aliphatic rings. The van der Waals surface area contributed by atoms with Crippen molar-refractivity contribution in [3.63, 3.8) is 0 Å². The summed E-state index contributed by atoms with van der Waals surface area (Å²) in [6.45, 7) is 5.35. The molecule has 1 fully saturated rings. The molecule has 43 heavy (non-hydrogen) atoms. The second kappa shape index (κ2) is 16.5. The third kappa shape index (κ3) is 9.42. The maximum Gasteiger partial charge on any atom is 0.377 e. The maximum absolute atomic E-state index is 10.5. The molecule has 9 nitrogen and oxygen atoms in total. The van der Waals surface area contributed by atoms with Crippen molar-refractivity contribution < 1.29 is 34.7 Å². The first-order valence-corrected chi connectivity index (χ1v) is 14.5. The van der Waals surface area contributed by atoms with Gasteiger partial charge in [0, 0.05) is 32.7 Å². The van der Waals surface area contributed by atoms with Crippen LogP contribution in [0.15, 0.2) is 115 Å². The summed E-state index contributed by atoms with van der Waals surface area (Å²) in [6.07, 6.45) is 2.75. The van der Waals surface area contributed by atoms with Gasteiger partial charge in [0.2, 0.25) is 5.76 Å². The quantitative estimate of drug-likeness (QED) is 0.248. The molecule has 5 rings (SSSR count). The molecule has 0 spiro atoms. The van der Waals surface area contributed by atoms with Gasteiger partial charge in [-0.3, -0.25) is 4.90 Å². The fourth-order valence-electron chi connectivity index (χ4n) is 4.85. The van der Waals surface area contributed by atoms with E-state index >= 15 is 0 Å². The minimum absolute atomic E-state index is 0.00962. The van der Waals surface area contributed by atoms with Crippen LogP contribution in [-0.4, -0.2) is 94.3 Å². The average molecular weight is 589 g/mol. The van der Waals surface area contributed by atoms with Crippen LogP contribution >= 0.6 is 0 Å². The molecule has 3 aromatic carbocycles. The lowest BCUT2D eigenvalue weighted by molar-refractivity contribution is -0.147. The van der Waals surface area contributed by atoms with Gasteiger partial charge in [0.05, 0.1) is 13.2 Å². The number of ether oxygens (including phenoxy) is 2. The molecule has 4 N–H and O–H groups in total. The lowest BCUT2D eigenvalue weighted by atomic mass is 10.0. The van der Waals surface area contributed by atoms with Crippen molar-refractivity contribution in [2.75, 3.05) is 45.9 Å². The Labute approximate surface area is 252 Å². The number of hydrogen-bond donors (Lipinski definition) is 4. The summed E-state index contributed by atoms with van der Waals surface area (Å²) in [6, 6.07) is 31.7. The van der Waals surface area contributed by atoms with Crippen molar-refractivity contribution in [2.45, 2.75) is 24.7 Å². The Morgan fingerprint density at radius 2 is 1.42 bits per heavy atom. The molecule has 0 radical (unpaired) electrons. The summed E-state index contributed by atoms with van der Waals surface area (Å²) in [5.41, 5.74) is 3.78. The molecule has 0 unspecified atom stereocenters. The number of esters is 1. The highest BCUT2D eigenvalue weighted by Gasteiger charge is 2.38. The molecule has 3 aromatic rings. The van der Waals surface area contributed by atoms with Crippen LogP contribution < -0.4 is 0 Å². The summed E-state index contributed by atoms with van der Waals surface area (Å²) in [7, 11) is 0. The number of aliphatic hydroxyl groups excluding tert-OH is 4. The molecule has 9 heteroatoms. The lowest BCUT2D eigenvalue weighted by Gasteiger charge is -2.34. The zero-order chi connectivity index (χ0) is 30.4. The largest absolute Gasteiger partial charge is 0.505 e. The molecule has 2 atom stereocenters. The van der Waals surface area contributed by atoms with E-state index < -0.39 is 36.3 Å². The third-order valence-corrected chi connectivity index (χ3v) is 7.29. The van der Waals surface area contributed by atoms with Crippen LogP contribution in [0.5, 0.6) is 0 Å². The van der Waals surface area contributed by atoms with Crippen molar-refractivity contribution in [1.82, 2.24) is 9.80 Å². The first-order chi connectivity index (χ1) is 21.0. The maximum atomic E-state index is 10.5. The van der Waals surface area contributed by atoms with E-state index in [1.807, 2.05) is 0 Å². The molecule has 0 saturated carbocycles. The van der Waals surface area contributed by atoms with Crippen molar-refractivity contribution in [1.29, 1.82) is 0 Å². The topological polar surface area (TPSA) is 123 Å². The van der Waals surface area contributed by atoms with Crippen LogP contribution in [-0.2, 0) is 20.7 Å². The van der Waals surface area contributed by atoms with Crippen molar-refractivity contribution >= 4 is 5.97 Å². The van der Waals surface area contributed by atoms with E-state index in [9.17, 15) is 4.79 Å². The number of hydrogen-bond acceptors (Lipinski definition) is 9. The molecule has 2 heterocycles. The van der Waals surface area contributed by atoms with Crippen molar-refractivity contribution in [2.24, 2.45) is 0 Å². The Morgan fingerprint density at radius 1 is 0.860 bits per heavy atom. The fraction of sp³-hybridized carbons (Fsp3) is 0.324. The monoisotopic (exact) mass is 588 g/mol. The van der Waals surface area contributed by atoms with E-state index in [4.69, 9.17) is 25.2 Å². The zero-order valence-electron chi connectivity index (χ0n) is 24.1. The number of rotatable bonds is 11. The normalized spacial score (nSPS) is 18.1. The van der Waals surface area contributed by atoms with E-state index in [1.165, 1.54) is 16.7 Å². The van der Waals surface area contributed by atoms with E-state index in [1.54, 1.807) is 0 Å². The molecule has 0 aromatic heterocycles. The summed E-state index contributed by atoms with van der Waals surface area (Å²) in [5.74, 6) is -2.78. The van der Waals surface area contributed by atoms with E-state index in [0.717, 1.165) is 45.8 Å². The Bertz CT molecular complexity index is 1270. The highest BCUT2D eigenvalue weighted by Crippen LogP contribution is 2.26. The summed E-state index contributed by atoms with van der Waals surface area (Å²) >= 11 is 0. The Morgan fingerprint density at radius 3 is 1.93 bits per heavy atom. The zero-order valence-corrected chi connectivity index (χ0v) is 24.1. The average Bonchev–Trinajstić information content (AvgIpc) is 3.32. The highest BCUT2D eigenvalue weighted by molar-refractivity contribution is 5.89. The minimum Gasteiger partial charge on any atom is -0.505 e. The van der Waals surface area contributed by atoms with Crippen LogP contribution in [0.4, 0.5) is 0 Å². The van der Waals surface area contributed by atoms with Gasteiger partial charge in [0.25, 0.3) is 0 Å². The van der Waals surface area contributed by atoms with Crippen molar-refractivity contribution in [3.05, 3.63) is 131 Å². The predicted molar refractivity (Wildman–Crippen MR) is 163 cm³/mol. The molecule has 0 amide bonds. The van der Waals surface area contributed by atoms with Crippen LogP contribution in [0, 0.1) is 0 Å². The standard InChI is InChI=1S/C28H32N2O.C6H8O6/c1-4-11-25(12-5-1)13-10-18-29-19-21-30(22-20-29)23-24-31-28(26-14-6-2-7-15-26)27-16-8-3-9-17-27;7-1-2(8)5-3(9)4(10)6(11)12-5/h1-12,14-18,28H,13,19-24H2;2,5,7-10H,1H2/b18-10+;/t;2-,5+/m.0/s1. The number of aliphatic hydroxyl groups is 4. The van der Waals surface area contributed by atoms with E-state index in [2.05, 4.69) is 118 Å². The molecule has 0 bridgehead atoms. The summed E-state index contributed by atoms with van der Waals surface area (Å²) in [5, 5.41) is 35.0. The SMILES string of the molecule is C(=C\N1CCN(CCOC(c2ccccc2)c2ccccc2)CC1)/Cc1ccccc1.O=C1O[C@H]([C@@H](O)CO)C(O)=C1O. The van der Waals surface area contributed by atoms with E-state index in [0.29, 0.717) is 0 Å². The number of piperazine rings is 1. The molecule has 2 aliphatic heterocycles. The Balaban J connectivity index is 0.000000296. The molecular formula is C34H40N2O7. The number of benzene rings is 3. The Hall–Kier alpha value is -4.15. The lowest BCUT2D eigenvalue weighted by Crippen LogP contribution is -2.45. The number of cyclic esters (lactones) is 1. The van der Waals surface area contributed by atoms with Gasteiger partial charge in [0.1, 0.15) is 12.2 Å². The van der Waals surface area contributed by atoms with Crippen LogP contribution in [0.25, 0.3) is 0 Å². The van der Waals surface area contributed by atoms with Gasteiger partial charge < -0.3 is 34.8 Å². The first kappa shape index (κ1) is 31.8. The second-order valence-electron chi connectivity index (χ2n) is 10.3. The van der Waals surface area contributed by atoms with Gasteiger partial charge in [-0.1, -0.05) is 97.1 Å². The smallest absolute Gasteiger partial charge is 0.377 e. The number of allylic oxidation sites excluding steroid dienone is 1. The van der Waals surface area contributed by atoms with E-state index in [-0.39, 0.29) is 6.10 Å². The van der Waals surface area contributed by atoms with Gasteiger partial charge in [-0.2, -0.15) is 0 Å². The van der Waals surface area contributed by atoms with Gasteiger partial charge in [-0.05, 0) is 29.3 Å². The predicted octanol–water partition coefficient (Wildman–Crippen LogP) is 3.76. The third-order valence-electron chi connectivity index (χ3n) is 7.29. The molecule has 0 aliphatic carbocycles. The van der Waals surface area contributed by atoms with Gasteiger partial charge >= 0.3 is 5.97 Å². The van der Waals surface area contributed by atoms with Crippen LogP contribution in [0.2, 0.25) is 0 Å². The van der Waals surface area contributed by atoms with Gasteiger partial charge in [0.15, 0.2) is 11.9 Å².